The topological polar surface area (TPSA) is 29.1 Å². The lowest BCUT2D eigenvalue weighted by Gasteiger charge is -2.46. The van der Waals surface area contributed by atoms with Gasteiger partial charge in [-0.05, 0) is 5.56 Å². The first-order valence-corrected chi connectivity index (χ1v) is 5.79. The van der Waals surface area contributed by atoms with E-state index in [1.54, 1.807) is 0 Å². The number of benzene rings is 1. The Labute approximate surface area is 95.7 Å². The molecule has 1 amide bonds. The van der Waals surface area contributed by atoms with Crippen LogP contribution in [-0.4, -0.2) is 30.5 Å². The van der Waals surface area contributed by atoms with Crippen molar-refractivity contribution >= 4 is 5.91 Å². The molecule has 0 spiro atoms. The van der Waals surface area contributed by atoms with Gasteiger partial charge in [-0.2, -0.15) is 0 Å². The molecule has 2 aliphatic rings. The normalized spacial score (nSPS) is 36.5. The van der Waals surface area contributed by atoms with Crippen molar-refractivity contribution in [3.63, 3.8) is 0 Å². The van der Waals surface area contributed by atoms with Crippen molar-refractivity contribution in [2.75, 3.05) is 20.1 Å². The molecule has 0 saturated carbocycles. The number of quaternary nitrogens is 1. The molecule has 0 aromatic heterocycles. The van der Waals surface area contributed by atoms with E-state index in [-0.39, 0.29) is 11.6 Å². The highest BCUT2D eigenvalue weighted by Gasteiger charge is 2.56. The van der Waals surface area contributed by atoms with Gasteiger partial charge in [0.05, 0.1) is 13.6 Å². The molecule has 16 heavy (non-hydrogen) atoms. The predicted molar refractivity (Wildman–Crippen MR) is 61.6 cm³/mol. The maximum absolute atomic E-state index is 11.7. The third-order valence-electron chi connectivity index (χ3n) is 4.37. The van der Waals surface area contributed by atoms with Crippen molar-refractivity contribution in [2.24, 2.45) is 0 Å². The van der Waals surface area contributed by atoms with E-state index in [4.69, 9.17) is 0 Å². The number of nitrogens with zero attached hydrogens (tertiary/aromatic N) is 1. The summed E-state index contributed by atoms with van der Waals surface area (Å²) in [6.45, 7) is 3.78. The molecule has 1 N–H and O–H groups in total. The van der Waals surface area contributed by atoms with Gasteiger partial charge in [0.2, 0.25) is 0 Å². The Morgan fingerprint density at radius 1 is 1.38 bits per heavy atom. The number of carbonyl (C=O) groups is 1. The molecule has 0 aliphatic carbocycles. The minimum absolute atomic E-state index is 0.168. The summed E-state index contributed by atoms with van der Waals surface area (Å²) in [5.41, 5.74) is 2.43. The Kier molecular flexibility index (Phi) is 1.76. The molecule has 2 atom stereocenters. The first-order valence-electron chi connectivity index (χ1n) is 5.79. The fourth-order valence-electron chi connectivity index (χ4n) is 3.16. The standard InChI is InChI=1S/C13H16N2O/c1-13-11-6-4-3-5-10(11)7-8-15(13,2)9-12(16)14-13/h3-6H,7-9H2,1-2H3/p+1/t13-,15?/m0/s1. The fourth-order valence-corrected chi connectivity index (χ4v) is 3.16. The third-order valence-corrected chi connectivity index (χ3v) is 4.37. The number of likely N-dealkylation sites (N-methyl/N-ethyl adjacent to an activating group) is 1. The van der Waals surface area contributed by atoms with E-state index < -0.39 is 0 Å². The second kappa shape index (κ2) is 2.86. The van der Waals surface area contributed by atoms with Gasteiger partial charge in [-0.1, -0.05) is 24.3 Å². The first-order chi connectivity index (χ1) is 7.55. The second-order valence-electron chi connectivity index (χ2n) is 5.31. The molecular weight excluding hydrogens is 200 g/mol. The summed E-state index contributed by atoms with van der Waals surface area (Å²) in [5.74, 6) is 0.168. The molecule has 0 radical (unpaired) electrons. The van der Waals surface area contributed by atoms with Gasteiger partial charge < -0.3 is 0 Å². The Balaban J connectivity index is 2.21. The molecule has 0 bridgehead atoms. The van der Waals surface area contributed by atoms with Crippen LogP contribution in [0.3, 0.4) is 0 Å². The van der Waals surface area contributed by atoms with Crippen LogP contribution in [0.1, 0.15) is 18.1 Å². The minimum atomic E-state index is -0.230. The van der Waals surface area contributed by atoms with Crippen molar-refractivity contribution in [2.45, 2.75) is 19.0 Å². The van der Waals surface area contributed by atoms with Gasteiger partial charge in [0.15, 0.2) is 12.2 Å². The number of carbonyl (C=O) groups excluding carboxylic acids is 1. The van der Waals surface area contributed by atoms with Gasteiger partial charge in [0, 0.05) is 18.9 Å². The van der Waals surface area contributed by atoms with Crippen molar-refractivity contribution in [1.29, 1.82) is 0 Å². The molecule has 84 valence electrons. The van der Waals surface area contributed by atoms with Gasteiger partial charge >= 0.3 is 0 Å². The number of rotatable bonds is 0. The van der Waals surface area contributed by atoms with Gasteiger partial charge in [-0.3, -0.25) is 14.6 Å². The average molecular weight is 217 g/mol. The van der Waals surface area contributed by atoms with E-state index in [1.807, 2.05) is 0 Å². The molecule has 1 aromatic carbocycles. The zero-order valence-corrected chi connectivity index (χ0v) is 9.79. The van der Waals surface area contributed by atoms with Crippen molar-refractivity contribution in [3.8, 4) is 0 Å². The number of hydrogen-bond donors (Lipinski definition) is 1. The highest BCUT2D eigenvalue weighted by molar-refractivity contribution is 5.80. The Hall–Kier alpha value is -1.35. The lowest BCUT2D eigenvalue weighted by Crippen LogP contribution is -2.61. The van der Waals surface area contributed by atoms with Crippen LogP contribution in [-0.2, 0) is 16.9 Å². The SMILES string of the molecule is C[C@]12NC(=O)C[N+]1(C)CCc1ccccc12. The second-order valence-corrected chi connectivity index (χ2v) is 5.31. The summed E-state index contributed by atoms with van der Waals surface area (Å²) in [7, 11) is 2.17. The molecule has 1 aromatic rings. The van der Waals surface area contributed by atoms with Gasteiger partial charge in [-0.25, -0.2) is 0 Å². The number of amides is 1. The number of hydrogen-bond acceptors (Lipinski definition) is 1. The Morgan fingerprint density at radius 3 is 2.94 bits per heavy atom. The van der Waals surface area contributed by atoms with Crippen LogP contribution in [0.25, 0.3) is 0 Å². The largest absolute Gasteiger partial charge is 0.296 e. The summed E-state index contributed by atoms with van der Waals surface area (Å²) in [4.78, 5) is 11.7. The highest BCUT2D eigenvalue weighted by atomic mass is 16.2. The third kappa shape index (κ3) is 1.04. The lowest BCUT2D eigenvalue weighted by atomic mass is 9.87. The summed E-state index contributed by atoms with van der Waals surface area (Å²) in [5, 5.41) is 3.16. The Bertz CT molecular complexity index is 471. The van der Waals surface area contributed by atoms with Crippen LogP contribution >= 0.6 is 0 Å². The number of nitrogens with one attached hydrogen (secondary N) is 1. The summed E-state index contributed by atoms with van der Waals surface area (Å²) in [6.07, 6.45) is 1.07. The first kappa shape index (κ1) is 9.85. The molecule has 3 rings (SSSR count). The molecule has 1 saturated heterocycles. The van der Waals surface area contributed by atoms with Crippen LogP contribution < -0.4 is 5.32 Å². The molecule has 3 heteroatoms. The van der Waals surface area contributed by atoms with E-state index in [1.165, 1.54) is 11.1 Å². The zero-order valence-electron chi connectivity index (χ0n) is 9.79. The quantitative estimate of drug-likeness (QED) is 0.645. The van der Waals surface area contributed by atoms with Crippen LogP contribution in [0.5, 0.6) is 0 Å². The van der Waals surface area contributed by atoms with Gasteiger partial charge in [0.25, 0.3) is 5.91 Å². The molecule has 2 heterocycles. The summed E-state index contributed by atoms with van der Waals surface area (Å²) in [6, 6.07) is 8.46. The maximum atomic E-state index is 11.7. The highest BCUT2D eigenvalue weighted by Crippen LogP contribution is 2.40. The van der Waals surface area contributed by atoms with Crippen LogP contribution in [0, 0.1) is 0 Å². The van der Waals surface area contributed by atoms with E-state index in [2.05, 4.69) is 43.6 Å². The monoisotopic (exact) mass is 217 g/mol. The van der Waals surface area contributed by atoms with Crippen LogP contribution in [0.4, 0.5) is 0 Å². The van der Waals surface area contributed by atoms with E-state index in [0.29, 0.717) is 6.54 Å². The minimum Gasteiger partial charge on any atom is -0.296 e. The molecule has 1 unspecified atom stereocenters. The van der Waals surface area contributed by atoms with Gasteiger partial charge in [0.1, 0.15) is 0 Å². The van der Waals surface area contributed by atoms with Crippen molar-refractivity contribution in [3.05, 3.63) is 35.4 Å². The molecular formula is C13H17N2O+. The average Bonchev–Trinajstić information content (AvgIpc) is 2.49. The summed E-state index contributed by atoms with van der Waals surface area (Å²) < 4.78 is 0.794. The van der Waals surface area contributed by atoms with E-state index >= 15 is 0 Å². The lowest BCUT2D eigenvalue weighted by molar-refractivity contribution is -0.954. The molecule has 1 fully saturated rings. The zero-order chi connectivity index (χ0) is 11.4. The fraction of sp³-hybridized carbons (Fsp3) is 0.462. The van der Waals surface area contributed by atoms with Crippen molar-refractivity contribution in [1.82, 2.24) is 5.32 Å². The summed E-state index contributed by atoms with van der Waals surface area (Å²) >= 11 is 0. The van der Waals surface area contributed by atoms with E-state index in [0.717, 1.165) is 17.4 Å². The molecule has 3 nitrogen and oxygen atoms in total. The maximum Gasteiger partial charge on any atom is 0.280 e. The van der Waals surface area contributed by atoms with Crippen LogP contribution in [0.2, 0.25) is 0 Å². The van der Waals surface area contributed by atoms with Gasteiger partial charge in [-0.15, -0.1) is 0 Å². The van der Waals surface area contributed by atoms with Crippen molar-refractivity contribution < 1.29 is 9.28 Å². The number of fused-ring (bicyclic) bond motifs is 3. The molecule has 2 aliphatic heterocycles. The predicted octanol–water partition coefficient (Wildman–Crippen LogP) is 0.992. The Morgan fingerprint density at radius 2 is 2.12 bits per heavy atom. The smallest absolute Gasteiger partial charge is 0.280 e. The van der Waals surface area contributed by atoms with Crippen LogP contribution in [0.15, 0.2) is 24.3 Å². The van der Waals surface area contributed by atoms with E-state index in [9.17, 15) is 4.79 Å².